The third-order valence-electron chi connectivity index (χ3n) is 4.75. The quantitative estimate of drug-likeness (QED) is 0.333. The van der Waals surface area contributed by atoms with Crippen molar-refractivity contribution in [2.75, 3.05) is 25.6 Å². The minimum atomic E-state index is -0.358. The number of anilines is 2. The fourth-order valence-corrected chi connectivity index (χ4v) is 3.54. The summed E-state index contributed by atoms with van der Waals surface area (Å²) in [7, 11) is 1.56. The van der Waals surface area contributed by atoms with Gasteiger partial charge in [-0.05, 0) is 18.6 Å². The summed E-state index contributed by atoms with van der Waals surface area (Å²) in [6.45, 7) is 3.66. The predicted molar refractivity (Wildman–Crippen MR) is 119 cm³/mol. The molecule has 0 aliphatic heterocycles. The van der Waals surface area contributed by atoms with Crippen molar-refractivity contribution in [1.82, 2.24) is 14.4 Å². The lowest BCUT2D eigenvalue weighted by Gasteiger charge is -2.15. The second-order valence-corrected chi connectivity index (χ2v) is 7.25. The lowest BCUT2D eigenvalue weighted by atomic mass is 10.2. The molecule has 2 aromatic heterocycles. The molecule has 0 aliphatic carbocycles. The lowest BCUT2D eigenvalue weighted by Crippen LogP contribution is -2.10. The van der Waals surface area contributed by atoms with Gasteiger partial charge in [0.2, 0.25) is 0 Å². The summed E-state index contributed by atoms with van der Waals surface area (Å²) < 4.78 is 18.1. The number of nitrogens with zero attached hydrogens (tertiary/aromatic N) is 3. The first-order chi connectivity index (χ1) is 15.0. The molecule has 0 atom stereocenters. The number of methoxy groups -OCH3 is 1. The van der Waals surface area contributed by atoms with Crippen LogP contribution in [0.4, 0.5) is 11.5 Å². The number of hydrogen-bond acceptors (Lipinski definition) is 7. The van der Waals surface area contributed by atoms with Crippen LogP contribution in [0.2, 0.25) is 5.02 Å². The number of benzene rings is 2. The average molecular weight is 441 g/mol. The summed E-state index contributed by atoms with van der Waals surface area (Å²) in [6.07, 6.45) is 3.45. The number of nitrogens with one attached hydrogen (secondary N) is 1. The minimum absolute atomic E-state index is 0.142. The van der Waals surface area contributed by atoms with E-state index in [0.717, 1.165) is 22.3 Å². The first-order valence-corrected chi connectivity index (χ1v) is 9.98. The molecule has 0 amide bonds. The number of para-hydroxylation sites is 1. The molecule has 0 spiro atoms. The van der Waals surface area contributed by atoms with Crippen LogP contribution < -0.4 is 14.8 Å². The topological polar surface area (TPSA) is 87.0 Å². The van der Waals surface area contributed by atoms with Gasteiger partial charge in [0.15, 0.2) is 17.3 Å². The number of fused-ring (bicyclic) bond motifs is 3. The first kappa shape index (κ1) is 20.7. The van der Waals surface area contributed by atoms with Gasteiger partial charge >= 0.3 is 5.97 Å². The number of carbonyl (C=O) groups excluding carboxylic acids is 1. The normalized spacial score (nSPS) is 11.0. The number of aryl methyl sites for hydroxylation is 1. The van der Waals surface area contributed by atoms with Crippen LogP contribution in [0.15, 0.2) is 42.9 Å². The van der Waals surface area contributed by atoms with Gasteiger partial charge in [0.05, 0.1) is 41.4 Å². The van der Waals surface area contributed by atoms with Crippen LogP contribution in [-0.2, 0) is 9.53 Å². The summed E-state index contributed by atoms with van der Waals surface area (Å²) in [5, 5.41) is 3.94. The Balaban J connectivity index is 1.77. The summed E-state index contributed by atoms with van der Waals surface area (Å²) in [5.74, 6) is 1.28. The van der Waals surface area contributed by atoms with E-state index in [4.69, 9.17) is 30.8 Å². The molecule has 9 heteroatoms. The molecule has 0 aliphatic rings. The van der Waals surface area contributed by atoms with Crippen molar-refractivity contribution in [3.05, 3.63) is 53.4 Å². The van der Waals surface area contributed by atoms with Crippen LogP contribution in [0.1, 0.15) is 12.5 Å². The van der Waals surface area contributed by atoms with E-state index in [0.29, 0.717) is 27.9 Å². The number of aromatic nitrogens is 3. The fraction of sp³-hybridized carbons (Fsp3) is 0.227. The van der Waals surface area contributed by atoms with Gasteiger partial charge in [0.25, 0.3) is 0 Å². The number of hydrogen-bond donors (Lipinski definition) is 1. The van der Waals surface area contributed by atoms with Crippen molar-refractivity contribution < 1.29 is 19.0 Å². The van der Waals surface area contributed by atoms with Gasteiger partial charge in [-0.1, -0.05) is 23.7 Å². The average Bonchev–Trinajstić information content (AvgIpc) is 3.23. The van der Waals surface area contributed by atoms with Gasteiger partial charge in [-0.2, -0.15) is 0 Å². The van der Waals surface area contributed by atoms with Crippen molar-refractivity contribution in [1.29, 1.82) is 0 Å². The molecule has 0 radical (unpaired) electrons. The van der Waals surface area contributed by atoms with E-state index in [2.05, 4.69) is 10.3 Å². The number of esters is 1. The molecule has 31 heavy (non-hydrogen) atoms. The Kier molecular flexibility index (Phi) is 5.81. The Morgan fingerprint density at radius 2 is 2.03 bits per heavy atom. The van der Waals surface area contributed by atoms with Crippen molar-refractivity contribution in [2.24, 2.45) is 0 Å². The highest BCUT2D eigenvalue weighted by atomic mass is 35.5. The van der Waals surface area contributed by atoms with E-state index in [-0.39, 0.29) is 19.2 Å². The van der Waals surface area contributed by atoms with E-state index in [1.165, 1.54) is 6.92 Å². The highest BCUT2D eigenvalue weighted by Gasteiger charge is 2.15. The molecule has 0 bridgehead atoms. The van der Waals surface area contributed by atoms with E-state index in [1.54, 1.807) is 25.7 Å². The van der Waals surface area contributed by atoms with Crippen molar-refractivity contribution >= 4 is 45.6 Å². The fourth-order valence-electron chi connectivity index (χ4n) is 3.27. The monoisotopic (exact) mass is 440 g/mol. The second kappa shape index (κ2) is 8.69. The van der Waals surface area contributed by atoms with Crippen LogP contribution in [0.25, 0.3) is 16.6 Å². The molecule has 2 aromatic carbocycles. The highest BCUT2D eigenvalue weighted by molar-refractivity contribution is 6.33. The third kappa shape index (κ3) is 4.20. The molecule has 0 saturated carbocycles. The van der Waals surface area contributed by atoms with Gasteiger partial charge in [0, 0.05) is 19.1 Å². The van der Waals surface area contributed by atoms with Gasteiger partial charge < -0.3 is 19.5 Å². The Hall–Kier alpha value is -3.52. The van der Waals surface area contributed by atoms with Gasteiger partial charge in [-0.3, -0.25) is 9.20 Å². The van der Waals surface area contributed by atoms with Crippen LogP contribution in [0.5, 0.6) is 11.5 Å². The van der Waals surface area contributed by atoms with Crippen LogP contribution in [0.3, 0.4) is 0 Å². The minimum Gasteiger partial charge on any atom is -0.493 e. The van der Waals surface area contributed by atoms with Crippen molar-refractivity contribution in [3.8, 4) is 11.5 Å². The summed E-state index contributed by atoms with van der Waals surface area (Å²) in [4.78, 5) is 20.0. The molecule has 4 aromatic rings. The largest absolute Gasteiger partial charge is 0.493 e. The van der Waals surface area contributed by atoms with Crippen LogP contribution >= 0.6 is 11.6 Å². The molecular weight excluding hydrogens is 420 g/mol. The number of ether oxygens (including phenoxy) is 3. The number of halogens is 1. The maximum Gasteiger partial charge on any atom is 0.302 e. The summed E-state index contributed by atoms with van der Waals surface area (Å²) in [6, 6.07) is 9.32. The maximum absolute atomic E-state index is 10.9. The van der Waals surface area contributed by atoms with Gasteiger partial charge in [-0.15, -0.1) is 0 Å². The molecule has 8 nitrogen and oxygen atoms in total. The molecule has 0 unspecified atom stereocenters. The summed E-state index contributed by atoms with van der Waals surface area (Å²) in [5.41, 5.74) is 4.04. The Labute approximate surface area is 183 Å². The highest BCUT2D eigenvalue weighted by Crippen LogP contribution is 2.35. The van der Waals surface area contributed by atoms with E-state index >= 15 is 0 Å². The van der Waals surface area contributed by atoms with Crippen LogP contribution in [-0.4, -0.2) is 40.7 Å². The van der Waals surface area contributed by atoms with Crippen molar-refractivity contribution in [2.45, 2.75) is 13.8 Å². The zero-order chi connectivity index (χ0) is 22.0. The van der Waals surface area contributed by atoms with E-state index in [9.17, 15) is 4.79 Å². The third-order valence-corrected chi connectivity index (χ3v) is 5.06. The van der Waals surface area contributed by atoms with Crippen LogP contribution in [0, 0.1) is 6.92 Å². The molecule has 1 N–H and O–H groups in total. The molecule has 2 heterocycles. The second-order valence-electron chi connectivity index (χ2n) is 6.85. The van der Waals surface area contributed by atoms with E-state index < -0.39 is 0 Å². The number of imidazole rings is 1. The molecule has 0 saturated heterocycles. The molecule has 4 rings (SSSR count). The standard InChI is InChI=1S/C22H21ClN4O4/c1-13-5-4-6-15(23)21(13)26-22-18-11-24-12-27(18)17-10-19(29-3)20(9-16(17)25-22)31-8-7-30-14(2)28/h4-6,9-12H,7-8H2,1-3H3,(H,25,26). The lowest BCUT2D eigenvalue weighted by molar-refractivity contribution is -0.141. The molecular formula is C22H21ClN4O4. The van der Waals surface area contributed by atoms with Gasteiger partial charge in [0.1, 0.15) is 18.7 Å². The molecule has 160 valence electrons. The summed E-state index contributed by atoms with van der Waals surface area (Å²) >= 11 is 6.40. The smallest absolute Gasteiger partial charge is 0.302 e. The molecule has 0 fully saturated rings. The number of rotatable bonds is 7. The Morgan fingerprint density at radius 3 is 2.77 bits per heavy atom. The predicted octanol–water partition coefficient (Wildman–Crippen LogP) is 4.54. The zero-order valence-corrected chi connectivity index (χ0v) is 18.1. The zero-order valence-electron chi connectivity index (χ0n) is 17.3. The SMILES string of the molecule is COc1cc2c(cc1OCCOC(C)=O)nc(Nc1c(C)cccc1Cl)c1cncn12. The Bertz CT molecular complexity index is 1250. The van der Waals surface area contributed by atoms with Crippen molar-refractivity contribution in [3.63, 3.8) is 0 Å². The first-order valence-electron chi connectivity index (χ1n) is 9.60. The Morgan fingerprint density at radius 1 is 1.19 bits per heavy atom. The number of carbonyl (C=O) groups is 1. The van der Waals surface area contributed by atoms with Gasteiger partial charge in [-0.25, -0.2) is 9.97 Å². The maximum atomic E-state index is 10.9. The van der Waals surface area contributed by atoms with E-state index in [1.807, 2.05) is 35.6 Å².